The van der Waals surface area contributed by atoms with Crippen molar-refractivity contribution >= 4 is 10.8 Å². The number of ether oxygens (including phenoxy) is 2. The van der Waals surface area contributed by atoms with E-state index in [1.54, 1.807) is 24.5 Å². The molecular formula is C13H19F2NO3S. The Labute approximate surface area is 119 Å². The molecule has 0 heterocycles. The van der Waals surface area contributed by atoms with Crippen molar-refractivity contribution < 1.29 is 22.5 Å². The van der Waals surface area contributed by atoms with Gasteiger partial charge in [-0.2, -0.15) is 8.78 Å². The molecule has 2 unspecified atom stereocenters. The molecule has 1 N–H and O–H groups in total. The number of rotatable bonds is 8. The van der Waals surface area contributed by atoms with Crippen LogP contribution < -0.4 is 14.8 Å². The Balaban J connectivity index is 2.75. The zero-order valence-electron chi connectivity index (χ0n) is 11.7. The van der Waals surface area contributed by atoms with Crippen LogP contribution in [0.5, 0.6) is 11.5 Å². The van der Waals surface area contributed by atoms with Crippen molar-refractivity contribution in [2.75, 3.05) is 19.9 Å². The summed E-state index contributed by atoms with van der Waals surface area (Å²) in [5.41, 5.74) is 0.568. The molecule has 0 radical (unpaired) electrons. The van der Waals surface area contributed by atoms with Crippen LogP contribution in [0.1, 0.15) is 12.5 Å². The molecule has 114 valence electrons. The quantitative estimate of drug-likeness (QED) is 0.799. The van der Waals surface area contributed by atoms with Crippen molar-refractivity contribution in [3.8, 4) is 11.5 Å². The van der Waals surface area contributed by atoms with E-state index in [1.165, 1.54) is 7.11 Å². The molecule has 0 amide bonds. The van der Waals surface area contributed by atoms with Gasteiger partial charge in [-0.1, -0.05) is 12.1 Å². The summed E-state index contributed by atoms with van der Waals surface area (Å²) < 4.78 is 45.6. The van der Waals surface area contributed by atoms with E-state index in [0.717, 1.165) is 0 Å². The Morgan fingerprint density at radius 2 is 2.10 bits per heavy atom. The summed E-state index contributed by atoms with van der Waals surface area (Å²) >= 11 is 0. The smallest absolute Gasteiger partial charge is 0.387 e. The standard InChI is InChI=1S/C13H19F2NO3S/c1-9(20(3)17)7-16-8-10-5-4-6-11(18-2)12(10)19-13(14)15/h4-6,9,13,16H,7-8H2,1-3H3. The van der Waals surface area contributed by atoms with Crippen LogP contribution in [-0.2, 0) is 17.3 Å². The van der Waals surface area contributed by atoms with Crippen LogP contribution in [-0.4, -0.2) is 36.0 Å². The van der Waals surface area contributed by atoms with Crippen LogP contribution >= 0.6 is 0 Å². The van der Waals surface area contributed by atoms with Gasteiger partial charge in [-0.05, 0) is 13.0 Å². The minimum absolute atomic E-state index is 0.0138. The summed E-state index contributed by atoms with van der Waals surface area (Å²) in [5.74, 6) is 0.291. The van der Waals surface area contributed by atoms with Gasteiger partial charge in [-0.25, -0.2) is 0 Å². The van der Waals surface area contributed by atoms with E-state index in [4.69, 9.17) is 4.74 Å². The summed E-state index contributed by atoms with van der Waals surface area (Å²) in [7, 11) is 0.469. The monoisotopic (exact) mass is 307 g/mol. The molecule has 0 aliphatic rings. The van der Waals surface area contributed by atoms with Crippen LogP contribution in [0.3, 0.4) is 0 Å². The molecular weight excluding hydrogens is 288 g/mol. The first-order valence-corrected chi connectivity index (χ1v) is 7.71. The van der Waals surface area contributed by atoms with Gasteiger partial charge in [0, 0.05) is 41.0 Å². The first-order valence-electron chi connectivity index (χ1n) is 6.09. The van der Waals surface area contributed by atoms with Gasteiger partial charge < -0.3 is 14.8 Å². The number of hydrogen-bond donors (Lipinski definition) is 1. The van der Waals surface area contributed by atoms with Crippen LogP contribution in [0.2, 0.25) is 0 Å². The Bertz CT molecular complexity index is 457. The SMILES string of the molecule is COc1cccc(CNCC(C)S(C)=O)c1OC(F)F. The normalized spacial score (nSPS) is 14.1. The minimum Gasteiger partial charge on any atom is -0.493 e. The summed E-state index contributed by atoms with van der Waals surface area (Å²) in [6.07, 6.45) is 1.63. The number of alkyl halides is 2. The number of nitrogens with one attached hydrogen (secondary N) is 1. The highest BCUT2D eigenvalue weighted by atomic mass is 32.2. The van der Waals surface area contributed by atoms with Crippen molar-refractivity contribution in [3.05, 3.63) is 23.8 Å². The van der Waals surface area contributed by atoms with Gasteiger partial charge in [0.05, 0.1) is 7.11 Å². The van der Waals surface area contributed by atoms with Crippen LogP contribution in [0.25, 0.3) is 0 Å². The highest BCUT2D eigenvalue weighted by Gasteiger charge is 2.15. The summed E-state index contributed by atoms with van der Waals surface area (Å²) in [6.45, 7) is -0.201. The lowest BCUT2D eigenvalue weighted by atomic mass is 10.2. The molecule has 1 aromatic carbocycles. The van der Waals surface area contributed by atoms with Crippen LogP contribution in [0.4, 0.5) is 8.78 Å². The van der Waals surface area contributed by atoms with E-state index in [-0.39, 0.29) is 16.7 Å². The molecule has 1 rings (SSSR count). The van der Waals surface area contributed by atoms with E-state index >= 15 is 0 Å². The molecule has 7 heteroatoms. The van der Waals surface area contributed by atoms with Crippen molar-refractivity contribution in [1.82, 2.24) is 5.32 Å². The molecule has 0 saturated carbocycles. The third-order valence-electron chi connectivity index (χ3n) is 2.80. The Morgan fingerprint density at radius 1 is 1.40 bits per heavy atom. The molecule has 0 saturated heterocycles. The first-order chi connectivity index (χ1) is 9.45. The number of benzene rings is 1. The van der Waals surface area contributed by atoms with Gasteiger partial charge in [-0.15, -0.1) is 0 Å². The first kappa shape index (κ1) is 16.8. The zero-order valence-corrected chi connectivity index (χ0v) is 12.5. The molecule has 2 atom stereocenters. The van der Waals surface area contributed by atoms with Gasteiger partial charge in [0.1, 0.15) is 0 Å². The topological polar surface area (TPSA) is 47.6 Å². The van der Waals surface area contributed by atoms with E-state index < -0.39 is 17.4 Å². The maximum atomic E-state index is 12.4. The van der Waals surface area contributed by atoms with Crippen molar-refractivity contribution in [3.63, 3.8) is 0 Å². The lowest BCUT2D eigenvalue weighted by molar-refractivity contribution is -0.0518. The fourth-order valence-corrected chi connectivity index (χ4v) is 1.96. The van der Waals surface area contributed by atoms with Crippen molar-refractivity contribution in [1.29, 1.82) is 0 Å². The number of hydrogen-bond acceptors (Lipinski definition) is 4. The van der Waals surface area contributed by atoms with Crippen molar-refractivity contribution in [2.45, 2.75) is 25.3 Å². The van der Waals surface area contributed by atoms with Crippen molar-refractivity contribution in [2.24, 2.45) is 0 Å². The van der Waals surface area contributed by atoms with E-state index in [9.17, 15) is 13.0 Å². The molecule has 0 spiro atoms. The highest BCUT2D eigenvalue weighted by molar-refractivity contribution is 7.84. The second kappa shape index (κ2) is 8.16. The second-order valence-corrected chi connectivity index (χ2v) is 6.07. The lowest BCUT2D eigenvalue weighted by Crippen LogP contribution is -2.27. The van der Waals surface area contributed by atoms with Gasteiger partial charge in [0.15, 0.2) is 11.5 Å². The summed E-state index contributed by atoms with van der Waals surface area (Å²) in [5, 5.41) is 3.06. The fourth-order valence-electron chi connectivity index (χ4n) is 1.61. The predicted octanol–water partition coefficient (Wildman–Crippen LogP) is 2.15. The number of methoxy groups -OCH3 is 1. The Hall–Kier alpha value is -1.21. The fraction of sp³-hybridized carbons (Fsp3) is 0.538. The zero-order chi connectivity index (χ0) is 15.1. The van der Waals surface area contributed by atoms with E-state index in [2.05, 4.69) is 10.1 Å². The third kappa shape index (κ3) is 5.05. The lowest BCUT2D eigenvalue weighted by Gasteiger charge is -2.15. The van der Waals surface area contributed by atoms with Gasteiger partial charge >= 0.3 is 6.61 Å². The second-order valence-electron chi connectivity index (χ2n) is 4.27. The molecule has 1 aromatic rings. The average Bonchev–Trinajstić information content (AvgIpc) is 2.39. The highest BCUT2D eigenvalue weighted by Crippen LogP contribution is 2.32. The molecule has 0 aliphatic heterocycles. The third-order valence-corrected chi connectivity index (χ3v) is 4.10. The van der Waals surface area contributed by atoms with Crippen LogP contribution in [0, 0.1) is 0 Å². The maximum absolute atomic E-state index is 12.4. The average molecular weight is 307 g/mol. The van der Waals surface area contributed by atoms with Gasteiger partial charge in [0.25, 0.3) is 0 Å². The van der Waals surface area contributed by atoms with E-state index in [1.807, 2.05) is 6.92 Å². The molecule has 0 aromatic heterocycles. The number of halogens is 2. The van der Waals surface area contributed by atoms with Crippen LogP contribution in [0.15, 0.2) is 18.2 Å². The summed E-state index contributed by atoms with van der Waals surface area (Å²) in [4.78, 5) is 0. The largest absolute Gasteiger partial charge is 0.493 e. The molecule has 0 bridgehead atoms. The van der Waals surface area contributed by atoms with Gasteiger partial charge in [-0.3, -0.25) is 4.21 Å². The number of para-hydroxylation sites is 1. The maximum Gasteiger partial charge on any atom is 0.387 e. The Morgan fingerprint density at radius 3 is 2.65 bits per heavy atom. The predicted molar refractivity (Wildman–Crippen MR) is 74.9 cm³/mol. The van der Waals surface area contributed by atoms with Gasteiger partial charge in [0.2, 0.25) is 0 Å². The Kier molecular flexibility index (Phi) is 6.87. The van der Waals surface area contributed by atoms with E-state index in [0.29, 0.717) is 18.7 Å². The minimum atomic E-state index is -2.91. The molecule has 4 nitrogen and oxygen atoms in total. The summed E-state index contributed by atoms with van der Waals surface area (Å²) in [6, 6.07) is 4.95. The molecule has 0 fully saturated rings. The molecule has 0 aliphatic carbocycles. The molecule has 20 heavy (non-hydrogen) atoms.